The number of aromatic hydroxyl groups is 3. The summed E-state index contributed by atoms with van der Waals surface area (Å²) in [6, 6.07) is 2.15. The van der Waals surface area contributed by atoms with E-state index in [1.165, 1.54) is 0 Å². The van der Waals surface area contributed by atoms with Gasteiger partial charge in [0.25, 0.3) is 0 Å². The van der Waals surface area contributed by atoms with E-state index in [2.05, 4.69) is 5.32 Å². The van der Waals surface area contributed by atoms with Gasteiger partial charge in [0.15, 0.2) is 0 Å². The number of phenolic OH excluding ortho intramolecular Hbond substituents is 3. The van der Waals surface area contributed by atoms with Crippen LogP contribution >= 0.6 is 0 Å². The predicted octanol–water partition coefficient (Wildman–Crippen LogP) is 1.83. The van der Waals surface area contributed by atoms with Crippen molar-refractivity contribution in [2.24, 2.45) is 0 Å². The lowest BCUT2D eigenvalue weighted by Gasteiger charge is -2.19. The van der Waals surface area contributed by atoms with Crippen molar-refractivity contribution >= 4 is 6.09 Å². The van der Waals surface area contributed by atoms with Gasteiger partial charge in [-0.15, -0.1) is 0 Å². The van der Waals surface area contributed by atoms with E-state index < -0.39 is 11.7 Å². The van der Waals surface area contributed by atoms with Crippen LogP contribution in [0, 0.1) is 0 Å². The maximum absolute atomic E-state index is 11.4. The molecule has 1 amide bonds. The Morgan fingerprint density at radius 1 is 1.22 bits per heavy atom. The minimum absolute atomic E-state index is 0.104. The summed E-state index contributed by atoms with van der Waals surface area (Å²) in [7, 11) is 0. The Labute approximate surface area is 105 Å². The molecule has 0 heterocycles. The minimum Gasteiger partial charge on any atom is -0.508 e. The van der Waals surface area contributed by atoms with Gasteiger partial charge in [-0.25, -0.2) is 4.79 Å². The van der Waals surface area contributed by atoms with Gasteiger partial charge in [0.1, 0.15) is 22.8 Å². The Kier molecular flexibility index (Phi) is 3.90. The van der Waals surface area contributed by atoms with Crippen LogP contribution in [0.1, 0.15) is 26.3 Å². The van der Waals surface area contributed by atoms with E-state index in [0.717, 1.165) is 12.1 Å². The normalized spacial score (nSPS) is 11.1. The topological polar surface area (TPSA) is 99.0 Å². The van der Waals surface area contributed by atoms with Crippen molar-refractivity contribution in [3.63, 3.8) is 0 Å². The van der Waals surface area contributed by atoms with Crippen molar-refractivity contribution < 1.29 is 24.9 Å². The lowest BCUT2D eigenvalue weighted by molar-refractivity contribution is 0.0523. The molecule has 0 saturated heterocycles. The van der Waals surface area contributed by atoms with E-state index in [1.54, 1.807) is 20.8 Å². The van der Waals surface area contributed by atoms with Crippen LogP contribution in [0.3, 0.4) is 0 Å². The second-order valence-electron chi connectivity index (χ2n) is 4.82. The molecule has 0 aliphatic heterocycles. The largest absolute Gasteiger partial charge is 0.508 e. The molecule has 100 valence electrons. The summed E-state index contributed by atoms with van der Waals surface area (Å²) in [5.41, 5.74) is -0.512. The molecular weight excluding hydrogens is 238 g/mol. The number of hydrogen-bond donors (Lipinski definition) is 4. The summed E-state index contributed by atoms with van der Waals surface area (Å²) in [5.74, 6) is -0.863. The van der Waals surface area contributed by atoms with Crippen molar-refractivity contribution in [1.29, 1.82) is 0 Å². The van der Waals surface area contributed by atoms with E-state index in [1.807, 2.05) is 0 Å². The zero-order chi connectivity index (χ0) is 13.9. The molecule has 0 radical (unpaired) electrons. The molecule has 0 bridgehead atoms. The summed E-state index contributed by atoms with van der Waals surface area (Å²) in [5, 5.41) is 30.5. The fourth-order valence-electron chi connectivity index (χ4n) is 1.28. The molecular formula is C12H17NO5. The van der Waals surface area contributed by atoms with Gasteiger partial charge < -0.3 is 25.4 Å². The van der Waals surface area contributed by atoms with Crippen molar-refractivity contribution in [3.05, 3.63) is 17.7 Å². The summed E-state index contributed by atoms with van der Waals surface area (Å²) in [6.07, 6.45) is -0.658. The van der Waals surface area contributed by atoms with Crippen molar-refractivity contribution in [2.45, 2.75) is 32.9 Å². The summed E-state index contributed by atoms with van der Waals surface area (Å²) >= 11 is 0. The molecule has 0 aromatic heterocycles. The van der Waals surface area contributed by atoms with Crippen LogP contribution in [0.2, 0.25) is 0 Å². The van der Waals surface area contributed by atoms with Crippen LogP contribution in [0.4, 0.5) is 4.79 Å². The Hall–Kier alpha value is -2.11. The highest BCUT2D eigenvalue weighted by Crippen LogP contribution is 2.31. The van der Waals surface area contributed by atoms with E-state index in [4.69, 9.17) is 9.84 Å². The third-order valence-electron chi connectivity index (χ3n) is 2.00. The molecule has 0 spiro atoms. The van der Waals surface area contributed by atoms with Gasteiger partial charge in [-0.1, -0.05) is 0 Å². The first-order valence-electron chi connectivity index (χ1n) is 5.40. The highest BCUT2D eigenvalue weighted by molar-refractivity contribution is 5.68. The smallest absolute Gasteiger partial charge is 0.407 e. The number of ether oxygens (including phenoxy) is 1. The van der Waals surface area contributed by atoms with Crippen molar-refractivity contribution in [3.8, 4) is 17.2 Å². The molecule has 4 N–H and O–H groups in total. The van der Waals surface area contributed by atoms with E-state index in [9.17, 15) is 15.0 Å². The second-order valence-corrected chi connectivity index (χ2v) is 4.82. The van der Waals surface area contributed by atoms with Gasteiger partial charge in [0, 0.05) is 12.1 Å². The zero-order valence-corrected chi connectivity index (χ0v) is 10.5. The van der Waals surface area contributed by atoms with Crippen LogP contribution in [-0.2, 0) is 11.3 Å². The molecule has 0 fully saturated rings. The number of amides is 1. The highest BCUT2D eigenvalue weighted by atomic mass is 16.6. The van der Waals surface area contributed by atoms with Crippen LogP contribution in [0.15, 0.2) is 12.1 Å². The SMILES string of the molecule is CC(C)(C)OC(=O)NCc1c(O)cc(O)cc1O. The average Bonchev–Trinajstić information content (AvgIpc) is 2.12. The fraction of sp³-hybridized carbons (Fsp3) is 0.417. The number of alkyl carbamates (subject to hydrolysis) is 1. The van der Waals surface area contributed by atoms with Gasteiger partial charge in [0.05, 0.1) is 12.1 Å². The molecule has 0 saturated carbocycles. The molecule has 0 unspecified atom stereocenters. The number of benzene rings is 1. The monoisotopic (exact) mass is 255 g/mol. The van der Waals surface area contributed by atoms with Gasteiger partial charge in [-0.05, 0) is 20.8 Å². The third kappa shape index (κ3) is 4.04. The Bertz CT molecular complexity index is 427. The predicted molar refractivity (Wildman–Crippen MR) is 64.5 cm³/mol. The average molecular weight is 255 g/mol. The molecule has 1 aromatic carbocycles. The van der Waals surface area contributed by atoms with Crippen molar-refractivity contribution in [2.75, 3.05) is 0 Å². The molecule has 6 heteroatoms. The van der Waals surface area contributed by atoms with Crippen LogP contribution in [0.25, 0.3) is 0 Å². The molecule has 1 rings (SSSR count). The molecule has 0 atom stereocenters. The minimum atomic E-state index is -0.658. The van der Waals surface area contributed by atoms with Crippen molar-refractivity contribution in [1.82, 2.24) is 5.32 Å². The Balaban J connectivity index is 2.67. The number of carbonyl (C=O) groups excluding carboxylic acids is 1. The molecule has 18 heavy (non-hydrogen) atoms. The molecule has 1 aromatic rings. The lowest BCUT2D eigenvalue weighted by atomic mass is 10.1. The maximum atomic E-state index is 11.4. The van der Waals surface area contributed by atoms with E-state index in [-0.39, 0.29) is 29.4 Å². The lowest BCUT2D eigenvalue weighted by Crippen LogP contribution is -2.32. The summed E-state index contributed by atoms with van der Waals surface area (Å²) in [4.78, 5) is 11.4. The number of hydrogen-bond acceptors (Lipinski definition) is 5. The Morgan fingerprint density at radius 3 is 2.17 bits per heavy atom. The van der Waals surface area contributed by atoms with Gasteiger partial charge in [-0.3, -0.25) is 0 Å². The number of nitrogens with one attached hydrogen (secondary N) is 1. The molecule has 0 aliphatic carbocycles. The maximum Gasteiger partial charge on any atom is 0.407 e. The fourth-order valence-corrected chi connectivity index (χ4v) is 1.28. The van der Waals surface area contributed by atoms with Crippen LogP contribution in [0.5, 0.6) is 17.2 Å². The summed E-state index contributed by atoms with van der Waals surface area (Å²) < 4.78 is 5.00. The number of rotatable bonds is 2. The highest BCUT2D eigenvalue weighted by Gasteiger charge is 2.17. The van der Waals surface area contributed by atoms with E-state index >= 15 is 0 Å². The standard InChI is InChI=1S/C12H17NO5/c1-12(2,3)18-11(17)13-6-8-9(15)4-7(14)5-10(8)16/h4-5,14-16H,6H2,1-3H3,(H,13,17). The second kappa shape index (κ2) is 5.03. The van der Waals surface area contributed by atoms with Crippen LogP contribution in [-0.4, -0.2) is 27.0 Å². The number of phenols is 3. The van der Waals surface area contributed by atoms with Crippen LogP contribution < -0.4 is 5.32 Å². The molecule has 0 aliphatic rings. The van der Waals surface area contributed by atoms with Gasteiger partial charge in [-0.2, -0.15) is 0 Å². The zero-order valence-electron chi connectivity index (χ0n) is 10.5. The van der Waals surface area contributed by atoms with Gasteiger partial charge >= 0.3 is 6.09 Å². The molecule has 6 nitrogen and oxygen atoms in total. The van der Waals surface area contributed by atoms with Gasteiger partial charge in [0.2, 0.25) is 0 Å². The third-order valence-corrected chi connectivity index (χ3v) is 2.00. The first kappa shape index (κ1) is 14.0. The first-order valence-corrected chi connectivity index (χ1v) is 5.40. The first-order chi connectivity index (χ1) is 8.19. The number of carbonyl (C=O) groups is 1. The van der Waals surface area contributed by atoms with E-state index in [0.29, 0.717) is 0 Å². The Morgan fingerprint density at radius 2 is 1.72 bits per heavy atom. The summed E-state index contributed by atoms with van der Waals surface area (Å²) in [6.45, 7) is 5.07. The quantitative estimate of drug-likeness (QED) is 0.646.